The van der Waals surface area contributed by atoms with Gasteiger partial charge in [-0.1, -0.05) is 78.9 Å². The van der Waals surface area contributed by atoms with Gasteiger partial charge in [0.1, 0.15) is 0 Å². The maximum absolute atomic E-state index is 13.3. The number of aromatic nitrogens is 2. The minimum atomic E-state index is -0.258. The first kappa shape index (κ1) is 30.9. The van der Waals surface area contributed by atoms with E-state index >= 15 is 0 Å². The van der Waals surface area contributed by atoms with Crippen molar-refractivity contribution < 1.29 is 19.1 Å². The van der Waals surface area contributed by atoms with Crippen LogP contribution in [0.15, 0.2) is 116 Å². The average molecular weight is 601 g/mol. The van der Waals surface area contributed by atoms with Crippen LogP contribution in [0.2, 0.25) is 0 Å². The highest BCUT2D eigenvalue weighted by atomic mass is 16.5. The predicted molar refractivity (Wildman–Crippen MR) is 174 cm³/mol. The van der Waals surface area contributed by atoms with E-state index in [0.717, 1.165) is 16.7 Å². The second-order valence-corrected chi connectivity index (χ2v) is 10.7. The SMILES string of the molecule is COc1ccc(CCN(C)C(=O)c2cccc(-c3ncc(C(=O)N[C@@H](Cc4ccccc4)c4ccccc4)cn3)c2)cc1OC. The molecule has 1 aromatic heterocycles. The van der Waals surface area contributed by atoms with Crippen molar-refractivity contribution in [1.82, 2.24) is 20.2 Å². The lowest BCUT2D eigenvalue weighted by atomic mass is 9.98. The summed E-state index contributed by atoms with van der Waals surface area (Å²) in [6.45, 7) is 0.521. The normalized spacial score (nSPS) is 11.4. The molecule has 45 heavy (non-hydrogen) atoms. The van der Waals surface area contributed by atoms with E-state index in [-0.39, 0.29) is 17.9 Å². The van der Waals surface area contributed by atoms with Crippen LogP contribution in [0.3, 0.4) is 0 Å². The number of carbonyl (C=O) groups excluding carboxylic acids is 2. The van der Waals surface area contributed by atoms with Crippen molar-refractivity contribution in [3.63, 3.8) is 0 Å². The molecule has 5 rings (SSSR count). The third-order valence-electron chi connectivity index (χ3n) is 7.60. The van der Waals surface area contributed by atoms with E-state index in [1.165, 1.54) is 12.4 Å². The minimum absolute atomic E-state index is 0.112. The van der Waals surface area contributed by atoms with Crippen molar-refractivity contribution in [3.05, 3.63) is 143 Å². The molecule has 0 saturated heterocycles. The van der Waals surface area contributed by atoms with Crippen LogP contribution >= 0.6 is 0 Å². The van der Waals surface area contributed by atoms with E-state index < -0.39 is 0 Å². The lowest BCUT2D eigenvalue weighted by molar-refractivity contribution is 0.0796. The Hall–Kier alpha value is -5.50. The first-order chi connectivity index (χ1) is 21.9. The zero-order chi connectivity index (χ0) is 31.6. The van der Waals surface area contributed by atoms with Gasteiger partial charge in [-0.2, -0.15) is 0 Å². The maximum Gasteiger partial charge on any atom is 0.254 e. The Kier molecular flexibility index (Phi) is 10.2. The molecule has 0 saturated carbocycles. The Balaban J connectivity index is 1.24. The van der Waals surface area contributed by atoms with Crippen LogP contribution in [0.4, 0.5) is 0 Å². The highest BCUT2D eigenvalue weighted by molar-refractivity contribution is 5.95. The molecule has 0 spiro atoms. The highest BCUT2D eigenvalue weighted by Gasteiger charge is 2.18. The first-order valence-corrected chi connectivity index (χ1v) is 14.7. The highest BCUT2D eigenvalue weighted by Crippen LogP contribution is 2.28. The quantitative estimate of drug-likeness (QED) is 0.184. The zero-order valence-corrected chi connectivity index (χ0v) is 25.6. The molecule has 8 nitrogen and oxygen atoms in total. The summed E-state index contributed by atoms with van der Waals surface area (Å²) >= 11 is 0. The van der Waals surface area contributed by atoms with Crippen molar-refractivity contribution >= 4 is 11.8 Å². The van der Waals surface area contributed by atoms with Crippen LogP contribution < -0.4 is 14.8 Å². The van der Waals surface area contributed by atoms with Crippen LogP contribution in [-0.4, -0.2) is 54.5 Å². The Morgan fingerprint density at radius 3 is 2.13 bits per heavy atom. The number of likely N-dealkylation sites (N-methyl/N-ethyl adjacent to an activating group) is 1. The van der Waals surface area contributed by atoms with Gasteiger partial charge in [0.05, 0.1) is 25.8 Å². The third kappa shape index (κ3) is 7.92. The number of hydrogen-bond donors (Lipinski definition) is 1. The molecule has 1 heterocycles. The Morgan fingerprint density at radius 1 is 0.756 bits per heavy atom. The van der Waals surface area contributed by atoms with E-state index in [4.69, 9.17) is 9.47 Å². The van der Waals surface area contributed by atoms with Crippen LogP contribution in [0.5, 0.6) is 11.5 Å². The number of hydrogen-bond acceptors (Lipinski definition) is 6. The van der Waals surface area contributed by atoms with Crippen LogP contribution in [-0.2, 0) is 12.8 Å². The molecule has 0 fully saturated rings. The summed E-state index contributed by atoms with van der Waals surface area (Å²) < 4.78 is 10.7. The van der Waals surface area contributed by atoms with Gasteiger partial charge in [-0.05, 0) is 53.8 Å². The molecule has 0 aliphatic carbocycles. The van der Waals surface area contributed by atoms with Crippen LogP contribution in [0.1, 0.15) is 43.4 Å². The van der Waals surface area contributed by atoms with E-state index in [1.54, 1.807) is 38.3 Å². The van der Waals surface area contributed by atoms with Gasteiger partial charge in [-0.15, -0.1) is 0 Å². The summed E-state index contributed by atoms with van der Waals surface area (Å²) in [7, 11) is 4.98. The molecule has 8 heteroatoms. The lowest BCUT2D eigenvalue weighted by Gasteiger charge is -2.19. The van der Waals surface area contributed by atoms with Crippen LogP contribution in [0.25, 0.3) is 11.4 Å². The van der Waals surface area contributed by atoms with E-state index in [0.29, 0.717) is 53.4 Å². The number of rotatable bonds is 12. The van der Waals surface area contributed by atoms with E-state index in [9.17, 15) is 9.59 Å². The molecule has 2 amide bonds. The predicted octanol–water partition coefficient (Wildman–Crippen LogP) is 6.19. The summed E-state index contributed by atoms with van der Waals surface area (Å²) in [5.41, 5.74) is 4.75. The van der Waals surface area contributed by atoms with Gasteiger partial charge in [0.15, 0.2) is 17.3 Å². The Labute approximate surface area is 263 Å². The second kappa shape index (κ2) is 14.8. The molecule has 1 atom stereocenters. The molecule has 4 aromatic carbocycles. The van der Waals surface area contributed by atoms with Crippen molar-refractivity contribution in [1.29, 1.82) is 0 Å². The molecule has 1 N–H and O–H groups in total. The second-order valence-electron chi connectivity index (χ2n) is 10.7. The topological polar surface area (TPSA) is 93.7 Å². The summed E-state index contributed by atoms with van der Waals surface area (Å²) in [6.07, 6.45) is 4.35. The average Bonchev–Trinajstić information content (AvgIpc) is 3.10. The van der Waals surface area contributed by atoms with Gasteiger partial charge in [0.25, 0.3) is 11.8 Å². The fourth-order valence-electron chi connectivity index (χ4n) is 5.07. The van der Waals surface area contributed by atoms with Crippen molar-refractivity contribution in [2.24, 2.45) is 0 Å². The number of benzene rings is 4. The Bertz CT molecular complexity index is 1730. The standard InChI is InChI=1S/C37H36N4O4/c1-41(20-19-27-17-18-33(44-2)34(22-27)45-3)37(43)30-16-10-15-29(23-30)35-38-24-31(25-39-35)36(42)40-32(28-13-8-5-9-14-28)21-26-11-6-4-7-12-26/h4-18,22-25,32H,19-21H2,1-3H3,(H,40,42)/t32-/m0/s1. The molecule has 228 valence electrons. The summed E-state index contributed by atoms with van der Waals surface area (Å²) in [4.78, 5) is 37.1. The van der Waals surface area contributed by atoms with Gasteiger partial charge in [-0.25, -0.2) is 9.97 Å². The van der Waals surface area contributed by atoms with Crippen LogP contribution in [0, 0.1) is 0 Å². The molecule has 0 radical (unpaired) electrons. The maximum atomic E-state index is 13.3. The largest absolute Gasteiger partial charge is 0.493 e. The zero-order valence-electron chi connectivity index (χ0n) is 25.6. The monoisotopic (exact) mass is 600 g/mol. The molecular formula is C37H36N4O4. The molecule has 0 aliphatic heterocycles. The van der Waals surface area contributed by atoms with Crippen molar-refractivity contribution in [2.75, 3.05) is 27.8 Å². The molecule has 0 aliphatic rings. The lowest BCUT2D eigenvalue weighted by Crippen LogP contribution is -2.30. The summed E-state index contributed by atoms with van der Waals surface area (Å²) in [5, 5.41) is 3.15. The fourth-order valence-corrected chi connectivity index (χ4v) is 5.07. The molecular weight excluding hydrogens is 564 g/mol. The van der Waals surface area contributed by atoms with Crippen molar-refractivity contribution in [2.45, 2.75) is 18.9 Å². The molecule has 0 unspecified atom stereocenters. The molecule has 0 bridgehead atoms. The number of carbonyl (C=O) groups is 2. The van der Waals surface area contributed by atoms with Crippen molar-refractivity contribution in [3.8, 4) is 22.9 Å². The summed E-state index contributed by atoms with van der Waals surface area (Å²) in [5.74, 6) is 1.38. The fraction of sp³-hybridized carbons (Fsp3) is 0.189. The van der Waals surface area contributed by atoms with E-state index in [2.05, 4.69) is 27.4 Å². The van der Waals surface area contributed by atoms with E-state index in [1.807, 2.05) is 78.9 Å². The van der Waals surface area contributed by atoms with Gasteiger partial charge in [0.2, 0.25) is 0 Å². The summed E-state index contributed by atoms with van der Waals surface area (Å²) in [6, 6.07) is 32.7. The third-order valence-corrected chi connectivity index (χ3v) is 7.60. The van der Waals surface area contributed by atoms with Gasteiger partial charge in [0, 0.05) is 37.1 Å². The Morgan fingerprint density at radius 2 is 1.44 bits per heavy atom. The van der Waals surface area contributed by atoms with Gasteiger partial charge in [-0.3, -0.25) is 9.59 Å². The smallest absolute Gasteiger partial charge is 0.254 e. The first-order valence-electron chi connectivity index (χ1n) is 14.7. The van der Waals surface area contributed by atoms with Gasteiger partial charge >= 0.3 is 0 Å². The number of ether oxygens (including phenoxy) is 2. The number of nitrogens with zero attached hydrogens (tertiary/aromatic N) is 3. The number of methoxy groups -OCH3 is 2. The number of amides is 2. The number of nitrogens with one attached hydrogen (secondary N) is 1. The minimum Gasteiger partial charge on any atom is -0.493 e. The molecule has 5 aromatic rings. The van der Waals surface area contributed by atoms with Gasteiger partial charge < -0.3 is 19.7 Å².